The predicted octanol–water partition coefficient (Wildman–Crippen LogP) is 1.79. The lowest BCUT2D eigenvalue weighted by Crippen LogP contribution is -2.52. The van der Waals surface area contributed by atoms with E-state index in [-0.39, 0.29) is 0 Å². The van der Waals surface area contributed by atoms with Crippen molar-refractivity contribution in [2.75, 3.05) is 4.31 Å². The Kier molecular flexibility index (Phi) is 4.77. The van der Waals surface area contributed by atoms with Crippen molar-refractivity contribution in [3.05, 3.63) is 30.3 Å². The highest BCUT2D eigenvalue weighted by Crippen LogP contribution is 2.33. The molecule has 0 bridgehead atoms. The number of hydrogen-bond acceptors (Lipinski definition) is 4. The number of nitrogens with zero attached hydrogens (tertiary/aromatic N) is 1. The van der Waals surface area contributed by atoms with Crippen molar-refractivity contribution < 1.29 is 44.7 Å². The van der Waals surface area contributed by atoms with Gasteiger partial charge in [-0.3, -0.25) is 4.79 Å². The van der Waals surface area contributed by atoms with Crippen LogP contribution in [0, 0.1) is 0 Å². The summed E-state index contributed by atoms with van der Waals surface area (Å²) in [6, 6.07) is 4.57. The smallest absolute Gasteiger partial charge is 0.376 e. The Hall–Kier alpha value is -1.82. The molecule has 0 aliphatic rings. The summed E-state index contributed by atoms with van der Waals surface area (Å²) in [7, 11) is -6.47. The molecule has 0 radical (unpaired) electrons. The summed E-state index contributed by atoms with van der Waals surface area (Å²) in [5, 5.41) is 8.77. The molecule has 1 aromatic carbocycles. The van der Waals surface area contributed by atoms with Gasteiger partial charge in [-0.1, -0.05) is 18.2 Å². The Labute approximate surface area is 119 Å². The van der Waals surface area contributed by atoms with Gasteiger partial charge in [0.1, 0.15) is 0 Å². The van der Waals surface area contributed by atoms with E-state index in [0.717, 1.165) is 12.1 Å². The zero-order valence-electron chi connectivity index (χ0n) is 10.3. The topological polar surface area (TPSA) is 74.7 Å². The van der Waals surface area contributed by atoms with E-state index in [4.69, 9.17) is 5.11 Å². The molecule has 12 heteroatoms. The van der Waals surface area contributed by atoms with E-state index in [1.807, 2.05) is 0 Å². The first-order chi connectivity index (χ1) is 9.80. The molecule has 0 saturated heterocycles. The number of para-hydroxylation sites is 1. The standard InChI is InChI=1S/C10H7F6NO4S/c11-9(12,13)7(18)8(19)17(6-4-2-1-3-5-6)22(20,21)10(14,15)16/h1-5,7,18H. The van der Waals surface area contributed by atoms with Gasteiger partial charge in [-0.2, -0.15) is 39.1 Å². The number of benzene rings is 1. The fraction of sp³-hybridized carbons (Fsp3) is 0.300. The van der Waals surface area contributed by atoms with Crippen LogP contribution in [0.3, 0.4) is 0 Å². The van der Waals surface area contributed by atoms with Crippen molar-refractivity contribution in [2.45, 2.75) is 17.8 Å². The predicted molar refractivity (Wildman–Crippen MR) is 61.0 cm³/mol. The van der Waals surface area contributed by atoms with Crippen molar-refractivity contribution >= 4 is 21.6 Å². The Bertz CT molecular complexity index is 640. The molecule has 0 aliphatic heterocycles. The number of alkyl halides is 6. The number of aliphatic hydroxyl groups excluding tert-OH is 1. The molecule has 0 saturated carbocycles. The molecule has 1 rings (SSSR count). The minimum Gasteiger partial charge on any atom is -0.376 e. The van der Waals surface area contributed by atoms with Crippen molar-refractivity contribution in [1.29, 1.82) is 0 Å². The third-order valence-corrected chi connectivity index (χ3v) is 3.72. The number of halogens is 6. The highest BCUT2D eigenvalue weighted by Gasteiger charge is 2.56. The van der Waals surface area contributed by atoms with Gasteiger partial charge in [0.15, 0.2) is 0 Å². The third-order valence-electron chi connectivity index (χ3n) is 2.27. The van der Waals surface area contributed by atoms with Gasteiger partial charge in [-0.15, -0.1) is 0 Å². The molecule has 22 heavy (non-hydrogen) atoms. The maximum atomic E-state index is 12.5. The van der Waals surface area contributed by atoms with E-state index < -0.39 is 43.7 Å². The van der Waals surface area contributed by atoms with Gasteiger partial charge in [0.25, 0.3) is 5.91 Å². The first-order valence-electron chi connectivity index (χ1n) is 5.25. The number of carbonyl (C=O) groups excluding carboxylic acids is 1. The van der Waals surface area contributed by atoms with Gasteiger partial charge >= 0.3 is 21.7 Å². The third kappa shape index (κ3) is 3.50. The van der Waals surface area contributed by atoms with E-state index in [9.17, 15) is 39.6 Å². The highest BCUT2D eigenvalue weighted by molar-refractivity contribution is 7.94. The van der Waals surface area contributed by atoms with Crippen molar-refractivity contribution in [3.63, 3.8) is 0 Å². The average Bonchev–Trinajstić information content (AvgIpc) is 2.36. The van der Waals surface area contributed by atoms with E-state index in [1.54, 1.807) is 0 Å². The van der Waals surface area contributed by atoms with Crippen LogP contribution in [0.25, 0.3) is 0 Å². The lowest BCUT2D eigenvalue weighted by atomic mass is 10.3. The minimum atomic E-state index is -6.47. The quantitative estimate of drug-likeness (QED) is 0.843. The molecule has 124 valence electrons. The largest absolute Gasteiger partial charge is 0.517 e. The van der Waals surface area contributed by atoms with Gasteiger partial charge < -0.3 is 5.11 Å². The van der Waals surface area contributed by atoms with Crippen LogP contribution in [0.4, 0.5) is 32.0 Å². The van der Waals surface area contributed by atoms with Crippen LogP contribution in [0.15, 0.2) is 30.3 Å². The number of hydrogen-bond donors (Lipinski definition) is 1. The van der Waals surface area contributed by atoms with Crippen LogP contribution < -0.4 is 4.31 Å². The van der Waals surface area contributed by atoms with Gasteiger partial charge in [-0.05, 0) is 12.1 Å². The van der Waals surface area contributed by atoms with Crippen LogP contribution >= 0.6 is 0 Å². The normalized spacial score (nSPS) is 14.5. The Morgan fingerprint density at radius 1 is 1.05 bits per heavy atom. The van der Waals surface area contributed by atoms with Crippen molar-refractivity contribution in [3.8, 4) is 0 Å². The molecule has 5 nitrogen and oxygen atoms in total. The first-order valence-corrected chi connectivity index (χ1v) is 6.69. The molecule has 0 fully saturated rings. The average molecular weight is 351 g/mol. The summed E-state index contributed by atoms with van der Waals surface area (Å²) >= 11 is 0. The monoisotopic (exact) mass is 351 g/mol. The molecule has 0 aliphatic carbocycles. The fourth-order valence-corrected chi connectivity index (χ4v) is 2.25. The fourth-order valence-electron chi connectivity index (χ4n) is 1.30. The van der Waals surface area contributed by atoms with E-state index in [1.165, 1.54) is 6.07 Å². The summed E-state index contributed by atoms with van der Waals surface area (Å²) in [6.07, 6.45) is -9.56. The molecule has 1 amide bonds. The maximum Gasteiger partial charge on any atom is 0.517 e. The van der Waals surface area contributed by atoms with Gasteiger partial charge in [0, 0.05) is 0 Å². The number of carbonyl (C=O) groups is 1. The molecule has 1 N–H and O–H groups in total. The SMILES string of the molecule is O=C(C(O)C(F)(F)F)N(c1ccccc1)S(=O)(=O)C(F)(F)F. The van der Waals surface area contributed by atoms with Gasteiger partial charge in [0.2, 0.25) is 6.10 Å². The number of aliphatic hydroxyl groups is 1. The second kappa shape index (κ2) is 5.76. The molecule has 1 atom stereocenters. The zero-order chi connectivity index (χ0) is 17.3. The van der Waals surface area contributed by atoms with Crippen LogP contribution in [-0.2, 0) is 14.8 Å². The second-order valence-corrected chi connectivity index (χ2v) is 5.61. The molecular weight excluding hydrogens is 344 g/mol. The minimum absolute atomic E-state index is 0.671. The number of rotatable bonds is 3. The first kappa shape index (κ1) is 18.2. The summed E-state index contributed by atoms with van der Waals surface area (Å²) in [6.45, 7) is 0. The second-order valence-electron chi connectivity index (χ2n) is 3.83. The number of amides is 1. The van der Waals surface area contributed by atoms with Crippen molar-refractivity contribution in [2.24, 2.45) is 0 Å². The molecule has 0 aromatic heterocycles. The highest BCUT2D eigenvalue weighted by atomic mass is 32.2. The molecule has 1 unspecified atom stereocenters. The Morgan fingerprint density at radius 2 is 1.50 bits per heavy atom. The zero-order valence-corrected chi connectivity index (χ0v) is 11.1. The lowest BCUT2D eigenvalue weighted by Gasteiger charge is -2.26. The van der Waals surface area contributed by atoms with E-state index >= 15 is 0 Å². The van der Waals surface area contributed by atoms with Crippen LogP contribution in [0.2, 0.25) is 0 Å². The van der Waals surface area contributed by atoms with E-state index in [2.05, 4.69) is 0 Å². The summed E-state index contributed by atoms with van der Waals surface area (Å²) < 4.78 is 96.0. The van der Waals surface area contributed by atoms with Crippen LogP contribution in [-0.4, -0.2) is 37.2 Å². The molecular formula is C10H7F6NO4S. The van der Waals surface area contributed by atoms with E-state index in [0.29, 0.717) is 12.1 Å². The number of sulfonamides is 1. The van der Waals surface area contributed by atoms with Crippen LogP contribution in [0.1, 0.15) is 0 Å². The molecule has 1 aromatic rings. The Morgan fingerprint density at radius 3 is 1.86 bits per heavy atom. The van der Waals surface area contributed by atoms with Gasteiger partial charge in [-0.25, -0.2) is 0 Å². The lowest BCUT2D eigenvalue weighted by molar-refractivity contribution is -0.203. The molecule has 0 heterocycles. The van der Waals surface area contributed by atoms with Crippen molar-refractivity contribution in [1.82, 2.24) is 0 Å². The molecule has 0 spiro atoms. The maximum absolute atomic E-state index is 12.5. The Balaban J connectivity index is 3.48. The summed E-state index contributed by atoms with van der Waals surface area (Å²) in [5.74, 6) is -2.68. The number of anilines is 1. The summed E-state index contributed by atoms with van der Waals surface area (Å²) in [4.78, 5) is 11.5. The van der Waals surface area contributed by atoms with Gasteiger partial charge in [0.05, 0.1) is 5.69 Å². The van der Waals surface area contributed by atoms with Crippen LogP contribution in [0.5, 0.6) is 0 Å². The summed E-state index contributed by atoms with van der Waals surface area (Å²) in [5.41, 5.74) is -7.03.